The first-order valence-electron chi connectivity index (χ1n) is 3.65. The van der Waals surface area contributed by atoms with E-state index in [9.17, 15) is 19.7 Å². The molecule has 0 saturated heterocycles. The van der Waals surface area contributed by atoms with Gasteiger partial charge in [0.1, 0.15) is 3.57 Å². The molecule has 0 bridgehead atoms. The lowest BCUT2D eigenvalue weighted by atomic mass is 10.2. The first-order chi connectivity index (χ1) is 7.07. The molecule has 0 radical (unpaired) electrons. The molecular formula is C8H4INO5. The summed E-state index contributed by atoms with van der Waals surface area (Å²) in [5, 5.41) is 10.5. The van der Waals surface area contributed by atoms with Crippen LogP contribution in [0.25, 0.3) is 0 Å². The monoisotopic (exact) mass is 321 g/mol. The van der Waals surface area contributed by atoms with Crippen LogP contribution in [0.15, 0.2) is 18.2 Å². The standard InChI is InChI=1S/C8H4INO5/c9-7-5(8(12)15-4-11)2-1-3-6(7)10(13)14/h1-4H. The fourth-order valence-corrected chi connectivity index (χ4v) is 1.70. The second-order valence-electron chi connectivity index (χ2n) is 2.40. The summed E-state index contributed by atoms with van der Waals surface area (Å²) in [4.78, 5) is 31.0. The molecule has 0 atom stereocenters. The van der Waals surface area contributed by atoms with Crippen molar-refractivity contribution in [3.05, 3.63) is 37.4 Å². The summed E-state index contributed by atoms with van der Waals surface area (Å²) in [6.07, 6.45) is 0. The van der Waals surface area contributed by atoms with Crippen LogP contribution in [0.5, 0.6) is 0 Å². The van der Waals surface area contributed by atoms with Gasteiger partial charge in [-0.2, -0.15) is 0 Å². The Balaban J connectivity index is 3.20. The highest BCUT2D eigenvalue weighted by atomic mass is 127. The van der Waals surface area contributed by atoms with E-state index in [1.54, 1.807) is 22.6 Å². The number of hydrogen-bond acceptors (Lipinski definition) is 5. The van der Waals surface area contributed by atoms with Gasteiger partial charge in [0, 0.05) is 6.07 Å². The van der Waals surface area contributed by atoms with Crippen LogP contribution in [0, 0.1) is 13.7 Å². The molecule has 0 saturated carbocycles. The number of rotatable bonds is 3. The van der Waals surface area contributed by atoms with E-state index in [1.807, 2.05) is 0 Å². The number of nitro benzene ring substituents is 1. The third kappa shape index (κ3) is 2.49. The van der Waals surface area contributed by atoms with Crippen molar-refractivity contribution in [3.63, 3.8) is 0 Å². The number of hydrogen-bond donors (Lipinski definition) is 0. The third-order valence-electron chi connectivity index (χ3n) is 1.55. The number of halogens is 1. The van der Waals surface area contributed by atoms with E-state index in [1.165, 1.54) is 18.2 Å². The van der Waals surface area contributed by atoms with Crippen LogP contribution in [0.4, 0.5) is 5.69 Å². The van der Waals surface area contributed by atoms with Crippen LogP contribution < -0.4 is 0 Å². The number of ether oxygens (including phenoxy) is 1. The molecule has 1 aromatic carbocycles. The second-order valence-corrected chi connectivity index (χ2v) is 3.48. The van der Waals surface area contributed by atoms with Gasteiger partial charge < -0.3 is 4.74 Å². The topological polar surface area (TPSA) is 86.5 Å². The van der Waals surface area contributed by atoms with E-state index in [4.69, 9.17) is 0 Å². The molecule has 0 fully saturated rings. The molecule has 0 N–H and O–H groups in total. The van der Waals surface area contributed by atoms with Crippen LogP contribution in [-0.2, 0) is 9.53 Å². The molecule has 1 aromatic rings. The Morgan fingerprint density at radius 2 is 2.20 bits per heavy atom. The lowest BCUT2D eigenvalue weighted by Crippen LogP contribution is -2.07. The molecule has 0 amide bonds. The molecule has 1 rings (SSSR count). The molecule has 0 spiro atoms. The maximum Gasteiger partial charge on any atom is 0.346 e. The summed E-state index contributed by atoms with van der Waals surface area (Å²) < 4.78 is 4.24. The van der Waals surface area contributed by atoms with Crippen molar-refractivity contribution in [1.29, 1.82) is 0 Å². The van der Waals surface area contributed by atoms with Gasteiger partial charge in [-0.3, -0.25) is 14.9 Å². The number of carbonyl (C=O) groups excluding carboxylic acids is 2. The molecule has 0 aliphatic carbocycles. The minimum atomic E-state index is -0.905. The normalized spacial score (nSPS) is 9.40. The molecule has 0 aromatic heterocycles. The Hall–Kier alpha value is -1.51. The van der Waals surface area contributed by atoms with Crippen molar-refractivity contribution >= 4 is 40.7 Å². The molecular weight excluding hydrogens is 317 g/mol. The van der Waals surface area contributed by atoms with Crippen molar-refractivity contribution in [2.75, 3.05) is 0 Å². The average molecular weight is 321 g/mol. The second kappa shape index (κ2) is 4.82. The van der Waals surface area contributed by atoms with Crippen LogP contribution in [0.1, 0.15) is 10.4 Å². The minimum Gasteiger partial charge on any atom is -0.392 e. The van der Waals surface area contributed by atoms with Gasteiger partial charge in [-0.25, -0.2) is 4.79 Å². The molecule has 0 unspecified atom stereocenters. The van der Waals surface area contributed by atoms with Crippen molar-refractivity contribution in [2.45, 2.75) is 0 Å². The van der Waals surface area contributed by atoms with Crippen molar-refractivity contribution < 1.29 is 19.2 Å². The predicted molar refractivity (Wildman–Crippen MR) is 57.3 cm³/mol. The van der Waals surface area contributed by atoms with E-state index in [0.29, 0.717) is 0 Å². The van der Waals surface area contributed by atoms with Gasteiger partial charge in [-0.15, -0.1) is 0 Å². The highest BCUT2D eigenvalue weighted by Crippen LogP contribution is 2.24. The van der Waals surface area contributed by atoms with Gasteiger partial charge in [0.15, 0.2) is 0 Å². The summed E-state index contributed by atoms with van der Waals surface area (Å²) in [5.74, 6) is -0.905. The summed E-state index contributed by atoms with van der Waals surface area (Å²) in [6.45, 7) is -0.0166. The molecule has 6 nitrogen and oxygen atoms in total. The summed E-state index contributed by atoms with van der Waals surface area (Å²) in [6, 6.07) is 3.96. The molecule has 0 aliphatic rings. The zero-order valence-electron chi connectivity index (χ0n) is 7.18. The van der Waals surface area contributed by atoms with Gasteiger partial charge in [-0.05, 0) is 28.7 Å². The van der Waals surface area contributed by atoms with Crippen molar-refractivity contribution in [3.8, 4) is 0 Å². The lowest BCUT2D eigenvalue weighted by Gasteiger charge is -2.01. The summed E-state index contributed by atoms with van der Waals surface area (Å²) in [7, 11) is 0. The molecule has 15 heavy (non-hydrogen) atoms. The van der Waals surface area contributed by atoms with Gasteiger partial charge in [-0.1, -0.05) is 6.07 Å². The Labute approximate surface area is 97.5 Å². The molecule has 0 aliphatic heterocycles. The largest absolute Gasteiger partial charge is 0.392 e. The third-order valence-corrected chi connectivity index (χ3v) is 2.68. The number of esters is 1. The van der Waals surface area contributed by atoms with Crippen molar-refractivity contribution in [1.82, 2.24) is 0 Å². The van der Waals surface area contributed by atoms with Gasteiger partial charge in [0.05, 0.1) is 10.5 Å². The van der Waals surface area contributed by atoms with Crippen LogP contribution in [-0.4, -0.2) is 17.4 Å². The Morgan fingerprint density at radius 1 is 1.53 bits per heavy atom. The van der Waals surface area contributed by atoms with E-state index < -0.39 is 10.9 Å². The number of nitro groups is 1. The SMILES string of the molecule is O=COC(=O)c1cccc([N+](=O)[O-])c1I. The molecule has 7 heteroatoms. The average Bonchev–Trinajstić information content (AvgIpc) is 2.17. The Bertz CT molecular complexity index is 431. The fourth-order valence-electron chi connectivity index (χ4n) is 0.926. The number of carbonyl (C=O) groups is 2. The van der Waals surface area contributed by atoms with E-state index in [0.717, 1.165) is 0 Å². The number of benzene rings is 1. The Kier molecular flexibility index (Phi) is 3.72. The maximum atomic E-state index is 11.2. The van der Waals surface area contributed by atoms with E-state index in [2.05, 4.69) is 4.74 Å². The summed E-state index contributed by atoms with van der Waals surface area (Å²) in [5.41, 5.74) is -0.201. The fraction of sp³-hybridized carbons (Fsp3) is 0. The van der Waals surface area contributed by atoms with Gasteiger partial charge in [0.25, 0.3) is 5.69 Å². The van der Waals surface area contributed by atoms with Crippen LogP contribution >= 0.6 is 22.6 Å². The zero-order chi connectivity index (χ0) is 11.4. The first-order valence-corrected chi connectivity index (χ1v) is 4.73. The smallest absolute Gasteiger partial charge is 0.346 e. The van der Waals surface area contributed by atoms with Crippen LogP contribution in [0.2, 0.25) is 0 Å². The predicted octanol–water partition coefficient (Wildman–Crippen LogP) is 1.51. The highest BCUT2D eigenvalue weighted by Gasteiger charge is 2.19. The Morgan fingerprint density at radius 3 is 2.73 bits per heavy atom. The summed E-state index contributed by atoms with van der Waals surface area (Å²) >= 11 is 1.65. The van der Waals surface area contributed by atoms with Crippen LogP contribution in [0.3, 0.4) is 0 Å². The first kappa shape index (κ1) is 11.6. The lowest BCUT2D eigenvalue weighted by molar-refractivity contribution is -0.385. The van der Waals surface area contributed by atoms with E-state index >= 15 is 0 Å². The molecule has 0 heterocycles. The highest BCUT2D eigenvalue weighted by molar-refractivity contribution is 14.1. The zero-order valence-corrected chi connectivity index (χ0v) is 9.33. The quantitative estimate of drug-likeness (QED) is 0.210. The number of nitrogens with zero attached hydrogens (tertiary/aromatic N) is 1. The van der Waals surface area contributed by atoms with E-state index in [-0.39, 0.29) is 21.3 Å². The minimum absolute atomic E-state index is 0.00287. The van der Waals surface area contributed by atoms with Crippen molar-refractivity contribution in [2.24, 2.45) is 0 Å². The van der Waals surface area contributed by atoms with Gasteiger partial charge >= 0.3 is 12.4 Å². The molecule has 78 valence electrons. The maximum absolute atomic E-state index is 11.2. The van der Waals surface area contributed by atoms with Gasteiger partial charge in [0.2, 0.25) is 0 Å².